The zero-order chi connectivity index (χ0) is 16.1. The van der Waals surface area contributed by atoms with Gasteiger partial charge < -0.3 is 10.6 Å². The van der Waals surface area contributed by atoms with Gasteiger partial charge in [0.25, 0.3) is 0 Å². The maximum Gasteiger partial charge on any atom is 0.209 e. The number of hydrogen-bond acceptors (Lipinski definition) is 5. The Labute approximate surface area is 139 Å². The summed E-state index contributed by atoms with van der Waals surface area (Å²) in [5, 5.41) is 9.18. The third-order valence-corrected chi connectivity index (χ3v) is 4.97. The average molecular weight is 336 g/mol. The van der Waals surface area contributed by atoms with Gasteiger partial charge in [-0.3, -0.25) is 0 Å². The molecule has 0 aliphatic heterocycles. The van der Waals surface area contributed by atoms with Crippen molar-refractivity contribution in [3.63, 3.8) is 0 Å². The Bertz CT molecular complexity index is 626. The van der Waals surface area contributed by atoms with Gasteiger partial charge in [0.1, 0.15) is 11.6 Å². The molecule has 0 spiro atoms. The summed E-state index contributed by atoms with van der Waals surface area (Å²) >= 11 is 1.52. The van der Waals surface area contributed by atoms with Gasteiger partial charge in [0.2, 0.25) is 5.16 Å². The molecule has 1 aliphatic rings. The lowest BCUT2D eigenvalue weighted by Gasteiger charge is -2.20. The summed E-state index contributed by atoms with van der Waals surface area (Å²) in [5.74, 6) is 8.56. The second-order valence-electron chi connectivity index (χ2n) is 5.70. The maximum atomic E-state index is 12.8. The Balaban J connectivity index is 1.48. The fraction of sp³-hybridized carbons (Fsp3) is 0.500. The lowest BCUT2D eigenvalue weighted by atomic mass is 9.89. The van der Waals surface area contributed by atoms with Crippen LogP contribution in [-0.4, -0.2) is 27.2 Å². The third-order valence-electron chi connectivity index (χ3n) is 4.06. The molecule has 1 aromatic carbocycles. The second-order valence-corrected chi connectivity index (χ2v) is 6.76. The van der Waals surface area contributed by atoms with Gasteiger partial charge in [-0.2, -0.15) is 0 Å². The van der Waals surface area contributed by atoms with Crippen molar-refractivity contribution in [2.45, 2.75) is 43.2 Å². The van der Waals surface area contributed by atoms with Gasteiger partial charge in [0, 0.05) is 11.7 Å². The highest BCUT2D eigenvalue weighted by Gasteiger charge is 2.22. The number of aromatic nitrogens is 3. The van der Waals surface area contributed by atoms with Crippen molar-refractivity contribution in [2.75, 3.05) is 18.2 Å². The summed E-state index contributed by atoms with van der Waals surface area (Å²) in [6.45, 7) is 0.502. The number of ether oxygens (including phenoxy) is 1. The number of nitrogen functional groups attached to an aromatic ring is 1. The van der Waals surface area contributed by atoms with Crippen LogP contribution >= 0.6 is 11.8 Å². The van der Waals surface area contributed by atoms with Crippen LogP contribution in [0.3, 0.4) is 0 Å². The number of rotatable bonds is 6. The normalized spacial score (nSPS) is 15.7. The van der Waals surface area contributed by atoms with Crippen molar-refractivity contribution in [1.82, 2.24) is 14.9 Å². The number of halogens is 1. The monoisotopic (exact) mass is 336 g/mol. The van der Waals surface area contributed by atoms with Gasteiger partial charge >= 0.3 is 0 Å². The number of thioether (sulfide) groups is 1. The number of nitrogens with two attached hydrogens (primary N) is 1. The van der Waals surface area contributed by atoms with E-state index in [0.29, 0.717) is 29.2 Å². The van der Waals surface area contributed by atoms with E-state index in [1.165, 1.54) is 43.2 Å². The van der Waals surface area contributed by atoms with E-state index in [-0.39, 0.29) is 5.82 Å². The molecule has 3 rings (SSSR count). The molecule has 124 valence electrons. The van der Waals surface area contributed by atoms with Crippen LogP contribution in [0.2, 0.25) is 0 Å². The molecule has 0 amide bonds. The van der Waals surface area contributed by atoms with Crippen molar-refractivity contribution < 1.29 is 9.13 Å². The molecule has 0 atom stereocenters. The van der Waals surface area contributed by atoms with Crippen molar-refractivity contribution in [3.05, 3.63) is 35.9 Å². The topological polar surface area (TPSA) is 66.0 Å². The first-order valence-corrected chi connectivity index (χ1v) is 8.94. The van der Waals surface area contributed by atoms with Gasteiger partial charge in [-0.1, -0.05) is 31.0 Å². The van der Waals surface area contributed by atoms with Crippen LogP contribution in [-0.2, 0) is 0 Å². The zero-order valence-electron chi connectivity index (χ0n) is 12.9. The fourth-order valence-electron chi connectivity index (χ4n) is 2.85. The van der Waals surface area contributed by atoms with Crippen molar-refractivity contribution >= 4 is 11.8 Å². The molecule has 1 fully saturated rings. The van der Waals surface area contributed by atoms with Gasteiger partial charge in [0.05, 0.1) is 6.61 Å². The summed E-state index contributed by atoms with van der Waals surface area (Å²) in [4.78, 5) is 0. The van der Waals surface area contributed by atoms with Gasteiger partial charge in [-0.15, -0.1) is 10.2 Å². The van der Waals surface area contributed by atoms with E-state index in [1.807, 2.05) is 0 Å². The Morgan fingerprint density at radius 3 is 2.65 bits per heavy atom. The first-order valence-electron chi connectivity index (χ1n) is 7.95. The summed E-state index contributed by atoms with van der Waals surface area (Å²) in [6.07, 6.45) is 6.08. The van der Waals surface area contributed by atoms with Crippen molar-refractivity contribution in [3.8, 4) is 5.75 Å². The molecule has 2 N–H and O–H groups in total. The quantitative estimate of drug-likeness (QED) is 0.498. The van der Waals surface area contributed by atoms with Gasteiger partial charge in [-0.05, 0) is 37.1 Å². The SMILES string of the molecule is Nn1c(SCCOc2ccc(F)cc2)nnc1C1CCCCC1. The zero-order valence-corrected chi connectivity index (χ0v) is 13.8. The lowest BCUT2D eigenvalue weighted by molar-refractivity contribution is 0.343. The van der Waals surface area contributed by atoms with E-state index in [0.717, 1.165) is 18.7 Å². The molecule has 1 aromatic heterocycles. The Kier molecular flexibility index (Phi) is 5.38. The van der Waals surface area contributed by atoms with Crippen molar-refractivity contribution in [1.29, 1.82) is 0 Å². The molecule has 1 heterocycles. The molecule has 0 bridgehead atoms. The molecule has 2 aromatic rings. The number of nitrogens with zero attached hydrogens (tertiary/aromatic N) is 3. The molecule has 7 heteroatoms. The Morgan fingerprint density at radius 1 is 1.17 bits per heavy atom. The summed E-state index contributed by atoms with van der Waals surface area (Å²) < 4.78 is 20.0. The Hall–Kier alpha value is -1.76. The summed E-state index contributed by atoms with van der Waals surface area (Å²) in [7, 11) is 0. The molecule has 0 saturated heterocycles. The van der Waals surface area contributed by atoms with E-state index in [9.17, 15) is 4.39 Å². The molecule has 5 nitrogen and oxygen atoms in total. The van der Waals surface area contributed by atoms with E-state index in [1.54, 1.807) is 16.8 Å². The maximum absolute atomic E-state index is 12.8. The van der Waals surface area contributed by atoms with Crippen LogP contribution in [0.4, 0.5) is 4.39 Å². The minimum Gasteiger partial charge on any atom is -0.493 e. The molecular weight excluding hydrogens is 315 g/mol. The second kappa shape index (κ2) is 7.68. The molecule has 0 unspecified atom stereocenters. The van der Waals surface area contributed by atoms with Crippen LogP contribution in [0.15, 0.2) is 29.4 Å². The summed E-state index contributed by atoms with van der Waals surface area (Å²) in [5.41, 5.74) is 0. The van der Waals surface area contributed by atoms with Crippen LogP contribution in [0.1, 0.15) is 43.8 Å². The first kappa shape index (κ1) is 16.1. The highest BCUT2D eigenvalue weighted by Crippen LogP contribution is 2.32. The highest BCUT2D eigenvalue weighted by atomic mass is 32.2. The molecule has 1 aliphatic carbocycles. The number of benzene rings is 1. The third kappa shape index (κ3) is 4.16. The Morgan fingerprint density at radius 2 is 1.91 bits per heavy atom. The van der Waals surface area contributed by atoms with E-state index in [2.05, 4.69) is 10.2 Å². The van der Waals surface area contributed by atoms with Crippen molar-refractivity contribution in [2.24, 2.45) is 0 Å². The first-order chi connectivity index (χ1) is 11.2. The smallest absolute Gasteiger partial charge is 0.209 e. The van der Waals surface area contributed by atoms with E-state index in [4.69, 9.17) is 10.6 Å². The predicted molar refractivity (Wildman–Crippen MR) is 88.6 cm³/mol. The molecule has 1 saturated carbocycles. The number of hydrogen-bond donors (Lipinski definition) is 1. The van der Waals surface area contributed by atoms with Gasteiger partial charge in [0.15, 0.2) is 5.82 Å². The molecule has 0 radical (unpaired) electrons. The van der Waals surface area contributed by atoms with Crippen LogP contribution in [0, 0.1) is 5.82 Å². The van der Waals surface area contributed by atoms with E-state index >= 15 is 0 Å². The molecular formula is C16H21FN4OS. The minimum absolute atomic E-state index is 0.266. The predicted octanol–water partition coefficient (Wildman–Crippen LogP) is 3.35. The van der Waals surface area contributed by atoms with Crippen LogP contribution < -0.4 is 10.6 Å². The van der Waals surface area contributed by atoms with Gasteiger partial charge in [-0.25, -0.2) is 9.07 Å². The fourth-order valence-corrected chi connectivity index (χ4v) is 3.53. The lowest BCUT2D eigenvalue weighted by Crippen LogP contribution is -2.18. The standard InChI is InChI=1S/C16H21FN4OS/c17-13-6-8-14(9-7-13)22-10-11-23-16-20-19-15(21(16)18)12-4-2-1-3-5-12/h6-9,12H,1-5,10-11,18H2. The van der Waals surface area contributed by atoms with E-state index < -0.39 is 0 Å². The highest BCUT2D eigenvalue weighted by molar-refractivity contribution is 7.99. The molecule has 23 heavy (non-hydrogen) atoms. The summed E-state index contributed by atoms with van der Waals surface area (Å²) in [6, 6.07) is 6.00. The largest absolute Gasteiger partial charge is 0.493 e. The minimum atomic E-state index is -0.266. The van der Waals surface area contributed by atoms with Crippen LogP contribution in [0.5, 0.6) is 5.75 Å². The van der Waals surface area contributed by atoms with Crippen LogP contribution in [0.25, 0.3) is 0 Å². The average Bonchev–Trinajstić information content (AvgIpc) is 2.95.